The van der Waals surface area contributed by atoms with Crippen LogP contribution in [-0.4, -0.2) is 42.6 Å². The molecule has 1 amide bonds. The minimum atomic E-state index is -0.930. The van der Waals surface area contributed by atoms with Crippen molar-refractivity contribution in [2.24, 2.45) is 0 Å². The van der Waals surface area contributed by atoms with E-state index in [2.05, 4.69) is 25.3 Å². The molecule has 0 bridgehead atoms. The Balaban J connectivity index is 1.82. The predicted molar refractivity (Wildman–Crippen MR) is 74.2 cm³/mol. The summed E-state index contributed by atoms with van der Waals surface area (Å²) in [5, 5.41) is 12.0. The number of rotatable bonds is 2. The van der Waals surface area contributed by atoms with E-state index in [1.807, 2.05) is 6.92 Å². The number of carbonyl (C=O) groups is 1. The highest BCUT2D eigenvalue weighted by Gasteiger charge is 2.21. The molecule has 108 valence electrons. The van der Waals surface area contributed by atoms with E-state index in [9.17, 15) is 4.79 Å². The molecule has 0 aromatic carbocycles. The van der Waals surface area contributed by atoms with Crippen molar-refractivity contribution in [3.63, 3.8) is 0 Å². The van der Waals surface area contributed by atoms with Gasteiger partial charge in [-0.25, -0.2) is 24.7 Å². The van der Waals surface area contributed by atoms with Crippen molar-refractivity contribution in [3.8, 4) is 0 Å². The fraction of sp³-hybridized carbons (Fsp3) is 0.308. The summed E-state index contributed by atoms with van der Waals surface area (Å²) in [5.41, 5.74) is 2.55. The van der Waals surface area contributed by atoms with Crippen molar-refractivity contribution < 1.29 is 9.90 Å². The maximum absolute atomic E-state index is 11.0. The third kappa shape index (κ3) is 2.88. The summed E-state index contributed by atoms with van der Waals surface area (Å²) < 4.78 is 0. The second-order valence-electron chi connectivity index (χ2n) is 4.79. The highest BCUT2D eigenvalue weighted by molar-refractivity contribution is 5.65. The van der Waals surface area contributed by atoms with Crippen LogP contribution in [0.5, 0.6) is 0 Å². The van der Waals surface area contributed by atoms with E-state index in [0.29, 0.717) is 24.7 Å². The van der Waals surface area contributed by atoms with E-state index in [-0.39, 0.29) is 6.54 Å². The lowest BCUT2D eigenvalue weighted by Crippen LogP contribution is -2.35. The van der Waals surface area contributed by atoms with Crippen LogP contribution in [0.2, 0.25) is 0 Å². The lowest BCUT2D eigenvalue weighted by Gasteiger charge is -2.25. The molecule has 0 fully saturated rings. The largest absolute Gasteiger partial charge is 0.465 e. The molecular weight excluding hydrogens is 272 g/mol. The highest BCUT2D eigenvalue weighted by atomic mass is 16.4. The minimum Gasteiger partial charge on any atom is -0.465 e. The van der Waals surface area contributed by atoms with Gasteiger partial charge in [-0.15, -0.1) is 0 Å². The van der Waals surface area contributed by atoms with Crippen LogP contribution in [0.3, 0.4) is 0 Å². The number of nitrogens with zero attached hydrogens (tertiary/aromatic N) is 5. The Hall–Kier alpha value is -2.77. The lowest BCUT2D eigenvalue weighted by atomic mass is 10.1. The van der Waals surface area contributed by atoms with E-state index in [4.69, 9.17) is 5.11 Å². The molecule has 2 aromatic heterocycles. The number of carboxylic acid groups (broad SMARTS) is 1. The quantitative estimate of drug-likeness (QED) is 0.858. The zero-order valence-corrected chi connectivity index (χ0v) is 11.4. The molecule has 0 spiro atoms. The van der Waals surface area contributed by atoms with Gasteiger partial charge in [0.1, 0.15) is 12.1 Å². The molecule has 3 rings (SSSR count). The van der Waals surface area contributed by atoms with Crippen molar-refractivity contribution in [1.29, 1.82) is 0 Å². The molecule has 2 N–H and O–H groups in total. The fourth-order valence-corrected chi connectivity index (χ4v) is 2.16. The third-order valence-corrected chi connectivity index (χ3v) is 3.26. The Morgan fingerprint density at radius 3 is 3.00 bits per heavy atom. The maximum Gasteiger partial charge on any atom is 0.407 e. The topological polar surface area (TPSA) is 104 Å². The van der Waals surface area contributed by atoms with E-state index in [1.165, 1.54) is 11.2 Å². The van der Waals surface area contributed by atoms with Gasteiger partial charge in [-0.05, 0) is 18.9 Å². The van der Waals surface area contributed by atoms with Crippen molar-refractivity contribution in [2.75, 3.05) is 11.9 Å². The van der Waals surface area contributed by atoms with E-state index >= 15 is 0 Å². The average molecular weight is 286 g/mol. The molecule has 21 heavy (non-hydrogen) atoms. The zero-order valence-electron chi connectivity index (χ0n) is 11.4. The summed E-state index contributed by atoms with van der Waals surface area (Å²) in [6.07, 6.45) is 2.90. The van der Waals surface area contributed by atoms with Crippen LogP contribution in [-0.2, 0) is 13.0 Å². The Kier molecular flexibility index (Phi) is 3.35. The first-order chi connectivity index (χ1) is 10.1. The van der Waals surface area contributed by atoms with Gasteiger partial charge in [0.25, 0.3) is 0 Å². The first-order valence-corrected chi connectivity index (χ1v) is 6.50. The summed E-state index contributed by atoms with van der Waals surface area (Å²) >= 11 is 0. The summed E-state index contributed by atoms with van der Waals surface area (Å²) in [7, 11) is 0. The van der Waals surface area contributed by atoms with E-state index < -0.39 is 6.09 Å². The number of fused-ring (bicyclic) bond motifs is 1. The molecule has 0 saturated heterocycles. The van der Waals surface area contributed by atoms with E-state index in [0.717, 1.165) is 17.0 Å². The molecule has 8 nitrogen and oxygen atoms in total. The molecule has 0 aliphatic carbocycles. The summed E-state index contributed by atoms with van der Waals surface area (Å²) in [6, 6.07) is 1.78. The summed E-state index contributed by atoms with van der Waals surface area (Å²) in [4.78, 5) is 29.1. The van der Waals surface area contributed by atoms with Crippen LogP contribution in [0.25, 0.3) is 0 Å². The van der Waals surface area contributed by atoms with Gasteiger partial charge in [-0.3, -0.25) is 0 Å². The standard InChI is InChI=1S/C13H14N6O2/c1-8-4-11(16-7-15-8)18-12-14-5-9-2-3-19(13(20)21)6-10(9)17-12/h4-5,7H,2-3,6H2,1H3,(H,20,21)(H,14,15,16,17,18). The maximum atomic E-state index is 11.0. The van der Waals surface area contributed by atoms with Gasteiger partial charge >= 0.3 is 6.09 Å². The fourth-order valence-electron chi connectivity index (χ4n) is 2.16. The molecule has 0 radical (unpaired) electrons. The van der Waals surface area contributed by atoms with Crippen molar-refractivity contribution in [1.82, 2.24) is 24.8 Å². The Morgan fingerprint density at radius 1 is 1.38 bits per heavy atom. The SMILES string of the molecule is Cc1cc(Nc2ncc3c(n2)CN(C(=O)O)CC3)ncn1. The zero-order chi connectivity index (χ0) is 14.8. The lowest BCUT2D eigenvalue weighted by molar-refractivity contribution is 0.139. The predicted octanol–water partition coefficient (Wildman–Crippen LogP) is 1.35. The number of anilines is 2. The third-order valence-electron chi connectivity index (χ3n) is 3.26. The van der Waals surface area contributed by atoms with Gasteiger partial charge in [-0.2, -0.15) is 0 Å². The average Bonchev–Trinajstić information content (AvgIpc) is 2.46. The van der Waals surface area contributed by atoms with Gasteiger partial charge in [0.05, 0.1) is 12.2 Å². The van der Waals surface area contributed by atoms with Gasteiger partial charge in [-0.1, -0.05) is 0 Å². The first-order valence-electron chi connectivity index (χ1n) is 6.50. The molecule has 2 aromatic rings. The molecule has 0 atom stereocenters. The Morgan fingerprint density at radius 2 is 2.24 bits per heavy atom. The number of aromatic nitrogens is 4. The molecule has 1 aliphatic rings. The van der Waals surface area contributed by atoms with Gasteiger partial charge in [0.2, 0.25) is 5.95 Å². The second-order valence-corrected chi connectivity index (χ2v) is 4.79. The molecule has 8 heteroatoms. The van der Waals surface area contributed by atoms with Crippen LogP contribution in [0.1, 0.15) is 17.0 Å². The molecule has 3 heterocycles. The Bertz CT molecular complexity index is 690. The minimum absolute atomic E-state index is 0.282. The van der Waals surface area contributed by atoms with Crippen LogP contribution >= 0.6 is 0 Å². The normalized spacial score (nSPS) is 13.7. The summed E-state index contributed by atoms with van der Waals surface area (Å²) in [5.74, 6) is 1.01. The highest BCUT2D eigenvalue weighted by Crippen LogP contribution is 2.19. The van der Waals surface area contributed by atoms with Gasteiger partial charge in [0, 0.05) is 24.5 Å². The van der Waals surface area contributed by atoms with Gasteiger partial charge < -0.3 is 15.3 Å². The van der Waals surface area contributed by atoms with E-state index in [1.54, 1.807) is 12.3 Å². The molecule has 0 saturated carbocycles. The smallest absolute Gasteiger partial charge is 0.407 e. The number of hydrogen-bond acceptors (Lipinski definition) is 6. The Labute approximate surface area is 120 Å². The molecule has 0 unspecified atom stereocenters. The first kappa shape index (κ1) is 13.2. The second kappa shape index (κ2) is 5.31. The van der Waals surface area contributed by atoms with Crippen LogP contribution < -0.4 is 5.32 Å². The summed E-state index contributed by atoms with van der Waals surface area (Å²) in [6.45, 7) is 2.62. The van der Waals surface area contributed by atoms with Crippen molar-refractivity contribution >= 4 is 17.9 Å². The molecular formula is C13H14N6O2. The number of hydrogen-bond donors (Lipinski definition) is 2. The van der Waals surface area contributed by atoms with Crippen LogP contribution in [0.4, 0.5) is 16.6 Å². The number of nitrogens with one attached hydrogen (secondary N) is 1. The van der Waals surface area contributed by atoms with Crippen LogP contribution in [0.15, 0.2) is 18.6 Å². The number of aryl methyl sites for hydroxylation is 1. The number of amides is 1. The van der Waals surface area contributed by atoms with Crippen molar-refractivity contribution in [2.45, 2.75) is 19.9 Å². The molecule has 1 aliphatic heterocycles. The van der Waals surface area contributed by atoms with Gasteiger partial charge in [0.15, 0.2) is 0 Å². The van der Waals surface area contributed by atoms with Crippen LogP contribution in [0, 0.1) is 6.92 Å². The van der Waals surface area contributed by atoms with Crippen molar-refractivity contribution in [3.05, 3.63) is 35.5 Å². The monoisotopic (exact) mass is 286 g/mol.